The third-order valence-electron chi connectivity index (χ3n) is 5.14. The highest BCUT2D eigenvalue weighted by molar-refractivity contribution is 9.10. The van der Waals surface area contributed by atoms with Gasteiger partial charge in [0.05, 0.1) is 5.60 Å². The Morgan fingerprint density at radius 2 is 1.75 bits per heavy atom. The molecule has 24 heavy (non-hydrogen) atoms. The van der Waals surface area contributed by atoms with Crippen LogP contribution in [0.3, 0.4) is 0 Å². The first-order chi connectivity index (χ1) is 11.7. The van der Waals surface area contributed by atoms with Crippen LogP contribution in [-0.2, 0) is 6.54 Å². The first kappa shape index (κ1) is 17.7. The van der Waals surface area contributed by atoms with Crippen LogP contribution in [0.2, 0.25) is 0 Å². The van der Waals surface area contributed by atoms with Crippen molar-refractivity contribution in [2.75, 3.05) is 6.54 Å². The number of halogens is 1. The average molecular weight is 388 g/mol. The standard InChI is InChI=1S/C21H26BrNO/c22-19-11-7-10-18(14-19)20(21(24)12-5-2-6-13-21)16-23-15-17-8-3-1-4-9-17/h1,3-4,7-11,14,20,23-24H,2,5-6,12-13,15-16H2. The SMILES string of the molecule is OC1(C(CNCc2ccccc2)c2cccc(Br)c2)CCCCC1. The number of hydrogen-bond donors (Lipinski definition) is 2. The van der Waals surface area contributed by atoms with Gasteiger partial charge in [0.15, 0.2) is 0 Å². The highest BCUT2D eigenvalue weighted by Gasteiger charge is 2.38. The minimum atomic E-state index is -0.595. The summed E-state index contributed by atoms with van der Waals surface area (Å²) in [5.74, 6) is 0.124. The molecule has 128 valence electrons. The third-order valence-corrected chi connectivity index (χ3v) is 5.63. The summed E-state index contributed by atoms with van der Waals surface area (Å²) in [6.07, 6.45) is 5.29. The van der Waals surface area contributed by atoms with Gasteiger partial charge in [-0.15, -0.1) is 0 Å². The topological polar surface area (TPSA) is 32.3 Å². The second-order valence-corrected chi connectivity index (χ2v) is 7.80. The Bertz CT molecular complexity index is 637. The number of nitrogens with one attached hydrogen (secondary N) is 1. The van der Waals surface area contributed by atoms with Gasteiger partial charge in [-0.25, -0.2) is 0 Å². The van der Waals surface area contributed by atoms with Crippen molar-refractivity contribution in [3.05, 3.63) is 70.2 Å². The molecule has 0 radical (unpaired) electrons. The lowest BCUT2D eigenvalue weighted by molar-refractivity contribution is -0.0216. The summed E-state index contributed by atoms with van der Waals surface area (Å²) >= 11 is 3.57. The van der Waals surface area contributed by atoms with Crippen LogP contribution in [0.1, 0.15) is 49.1 Å². The van der Waals surface area contributed by atoms with Crippen LogP contribution >= 0.6 is 15.9 Å². The van der Waals surface area contributed by atoms with Crippen LogP contribution in [0.15, 0.2) is 59.1 Å². The van der Waals surface area contributed by atoms with E-state index >= 15 is 0 Å². The molecule has 0 saturated heterocycles. The van der Waals surface area contributed by atoms with Crippen LogP contribution < -0.4 is 5.32 Å². The number of benzene rings is 2. The van der Waals surface area contributed by atoms with Crippen molar-refractivity contribution >= 4 is 15.9 Å². The molecule has 2 aromatic carbocycles. The lowest BCUT2D eigenvalue weighted by Gasteiger charge is -2.40. The molecular weight excluding hydrogens is 362 g/mol. The van der Waals surface area contributed by atoms with Crippen LogP contribution in [0, 0.1) is 0 Å². The van der Waals surface area contributed by atoms with Crippen molar-refractivity contribution < 1.29 is 5.11 Å². The van der Waals surface area contributed by atoms with Gasteiger partial charge >= 0.3 is 0 Å². The molecule has 2 nitrogen and oxygen atoms in total. The Balaban J connectivity index is 1.74. The molecule has 0 aliphatic heterocycles. The van der Waals surface area contributed by atoms with Crippen LogP contribution in [0.4, 0.5) is 0 Å². The summed E-state index contributed by atoms with van der Waals surface area (Å²) in [4.78, 5) is 0. The Kier molecular flexibility index (Phi) is 6.09. The van der Waals surface area contributed by atoms with Gasteiger partial charge in [-0.05, 0) is 36.1 Å². The molecule has 0 aromatic heterocycles. The van der Waals surface area contributed by atoms with Crippen molar-refractivity contribution in [1.82, 2.24) is 5.32 Å². The zero-order valence-corrected chi connectivity index (χ0v) is 15.6. The fourth-order valence-corrected chi connectivity index (χ4v) is 4.23. The Morgan fingerprint density at radius 3 is 2.46 bits per heavy atom. The molecule has 3 heteroatoms. The molecule has 1 aliphatic rings. The fourth-order valence-electron chi connectivity index (χ4n) is 3.81. The van der Waals surface area contributed by atoms with E-state index in [0.29, 0.717) is 0 Å². The summed E-state index contributed by atoms with van der Waals surface area (Å²) in [6, 6.07) is 18.9. The van der Waals surface area contributed by atoms with Gasteiger partial charge in [-0.2, -0.15) is 0 Å². The normalized spacial score (nSPS) is 18.2. The maximum Gasteiger partial charge on any atom is 0.0728 e. The lowest BCUT2D eigenvalue weighted by Crippen LogP contribution is -2.43. The lowest BCUT2D eigenvalue weighted by atomic mass is 9.72. The molecule has 1 saturated carbocycles. The first-order valence-corrected chi connectivity index (χ1v) is 9.69. The van der Waals surface area contributed by atoms with E-state index in [0.717, 1.165) is 43.2 Å². The largest absolute Gasteiger partial charge is 0.389 e. The summed E-state index contributed by atoms with van der Waals surface area (Å²) in [5.41, 5.74) is 1.90. The number of rotatable bonds is 6. The highest BCUT2D eigenvalue weighted by Crippen LogP contribution is 2.40. The van der Waals surface area contributed by atoms with E-state index in [2.05, 4.69) is 63.7 Å². The summed E-state index contributed by atoms with van der Waals surface area (Å²) in [5, 5.41) is 14.9. The number of aliphatic hydroxyl groups is 1. The van der Waals surface area contributed by atoms with E-state index in [4.69, 9.17) is 0 Å². The molecule has 0 heterocycles. The van der Waals surface area contributed by atoms with E-state index in [1.165, 1.54) is 17.5 Å². The van der Waals surface area contributed by atoms with E-state index in [1.54, 1.807) is 0 Å². The smallest absolute Gasteiger partial charge is 0.0728 e. The van der Waals surface area contributed by atoms with Crippen molar-refractivity contribution in [1.29, 1.82) is 0 Å². The zero-order chi connectivity index (χ0) is 16.8. The summed E-state index contributed by atoms with van der Waals surface area (Å²) < 4.78 is 1.08. The van der Waals surface area contributed by atoms with Gasteiger partial charge in [0.2, 0.25) is 0 Å². The van der Waals surface area contributed by atoms with E-state index < -0.39 is 5.60 Å². The monoisotopic (exact) mass is 387 g/mol. The van der Waals surface area contributed by atoms with E-state index in [9.17, 15) is 5.11 Å². The molecule has 1 unspecified atom stereocenters. The van der Waals surface area contributed by atoms with Gasteiger partial charge in [-0.3, -0.25) is 0 Å². The molecule has 1 atom stereocenters. The van der Waals surface area contributed by atoms with Crippen molar-refractivity contribution in [3.8, 4) is 0 Å². The highest BCUT2D eigenvalue weighted by atomic mass is 79.9. The molecule has 1 fully saturated rings. The van der Waals surface area contributed by atoms with Gasteiger partial charge < -0.3 is 10.4 Å². The third kappa shape index (κ3) is 4.47. The molecular formula is C21H26BrNO. The molecule has 0 bridgehead atoms. The second-order valence-electron chi connectivity index (χ2n) is 6.89. The van der Waals surface area contributed by atoms with Crippen LogP contribution in [0.25, 0.3) is 0 Å². The summed E-state index contributed by atoms with van der Waals surface area (Å²) in [6.45, 7) is 1.63. The van der Waals surface area contributed by atoms with Crippen molar-refractivity contribution in [3.63, 3.8) is 0 Å². The molecule has 2 aromatic rings. The maximum absolute atomic E-state index is 11.3. The molecule has 0 spiro atoms. The molecule has 3 rings (SSSR count). The minimum absolute atomic E-state index is 0.124. The minimum Gasteiger partial charge on any atom is -0.389 e. The Morgan fingerprint density at radius 1 is 1.00 bits per heavy atom. The van der Waals surface area contributed by atoms with Gasteiger partial charge in [-0.1, -0.05) is 77.7 Å². The number of hydrogen-bond acceptors (Lipinski definition) is 2. The van der Waals surface area contributed by atoms with Gasteiger partial charge in [0.1, 0.15) is 0 Å². The fraction of sp³-hybridized carbons (Fsp3) is 0.429. The van der Waals surface area contributed by atoms with Crippen LogP contribution in [0.5, 0.6) is 0 Å². The summed E-state index contributed by atoms with van der Waals surface area (Å²) in [7, 11) is 0. The van der Waals surface area contributed by atoms with Crippen molar-refractivity contribution in [2.45, 2.75) is 50.2 Å². The second kappa shape index (κ2) is 8.28. The average Bonchev–Trinajstić information content (AvgIpc) is 2.60. The zero-order valence-electron chi connectivity index (χ0n) is 14.0. The molecule has 1 aliphatic carbocycles. The maximum atomic E-state index is 11.3. The van der Waals surface area contributed by atoms with E-state index in [-0.39, 0.29) is 5.92 Å². The molecule has 2 N–H and O–H groups in total. The Hall–Kier alpha value is -1.16. The Labute approximate surface area is 153 Å². The van der Waals surface area contributed by atoms with Crippen molar-refractivity contribution in [2.24, 2.45) is 0 Å². The first-order valence-electron chi connectivity index (χ1n) is 8.90. The quantitative estimate of drug-likeness (QED) is 0.729. The van der Waals surface area contributed by atoms with E-state index in [1.807, 2.05) is 12.1 Å². The van der Waals surface area contributed by atoms with Crippen LogP contribution in [-0.4, -0.2) is 17.3 Å². The predicted octanol–water partition coefficient (Wildman–Crippen LogP) is 5.02. The predicted molar refractivity (Wildman–Crippen MR) is 103 cm³/mol. The molecule has 0 amide bonds. The van der Waals surface area contributed by atoms with Gasteiger partial charge in [0, 0.05) is 23.5 Å². The van der Waals surface area contributed by atoms with Gasteiger partial charge in [0.25, 0.3) is 0 Å².